The Balaban J connectivity index is 2.12. The molecule has 1 aliphatic rings. The van der Waals surface area contributed by atoms with Gasteiger partial charge in [0, 0.05) is 19.6 Å². The van der Waals surface area contributed by atoms with Crippen molar-refractivity contribution in [2.75, 3.05) is 19.6 Å². The summed E-state index contributed by atoms with van der Waals surface area (Å²) in [7, 11) is 0. The van der Waals surface area contributed by atoms with E-state index in [1.54, 1.807) is 0 Å². The molecular formula is C7H14N2O. The minimum atomic E-state index is -0.141. The van der Waals surface area contributed by atoms with Crippen molar-refractivity contribution in [3.8, 4) is 0 Å². The predicted molar refractivity (Wildman–Crippen MR) is 40.4 cm³/mol. The molecule has 1 fully saturated rings. The van der Waals surface area contributed by atoms with Gasteiger partial charge in [-0.1, -0.05) is 6.08 Å². The number of rotatable bonds is 3. The summed E-state index contributed by atoms with van der Waals surface area (Å²) >= 11 is 0. The van der Waals surface area contributed by atoms with E-state index in [1.807, 2.05) is 11.1 Å². The first-order valence-electron chi connectivity index (χ1n) is 3.60. The minimum Gasteiger partial charge on any atom is -0.392 e. The topological polar surface area (TPSA) is 35.5 Å². The molecule has 10 heavy (non-hydrogen) atoms. The highest BCUT2D eigenvalue weighted by Crippen LogP contribution is 2.04. The Morgan fingerprint density at radius 2 is 2.60 bits per heavy atom. The zero-order valence-electron chi connectivity index (χ0n) is 6.08. The van der Waals surface area contributed by atoms with Gasteiger partial charge in [-0.3, -0.25) is 5.43 Å². The summed E-state index contributed by atoms with van der Waals surface area (Å²) in [4.78, 5) is 0. The molecular weight excluding hydrogens is 128 g/mol. The second kappa shape index (κ2) is 3.71. The fraction of sp³-hybridized carbons (Fsp3) is 0.714. The smallest absolute Gasteiger partial charge is 0.0693 e. The standard InChI is InChI=1S/C7H14N2O/c1-2-4-8-9-5-3-7(10)6-9/h2,7-8,10H,1,3-6H2/t7-/m0/s1. The summed E-state index contributed by atoms with van der Waals surface area (Å²) in [6.07, 6.45) is 2.55. The highest BCUT2D eigenvalue weighted by Gasteiger charge is 2.18. The van der Waals surface area contributed by atoms with E-state index in [0.29, 0.717) is 0 Å². The van der Waals surface area contributed by atoms with Crippen molar-refractivity contribution in [1.29, 1.82) is 0 Å². The number of nitrogens with one attached hydrogen (secondary N) is 1. The summed E-state index contributed by atoms with van der Waals surface area (Å²) < 4.78 is 0. The average molecular weight is 142 g/mol. The van der Waals surface area contributed by atoms with Crippen molar-refractivity contribution in [3.63, 3.8) is 0 Å². The van der Waals surface area contributed by atoms with Crippen LogP contribution < -0.4 is 5.43 Å². The van der Waals surface area contributed by atoms with Gasteiger partial charge in [0.2, 0.25) is 0 Å². The lowest BCUT2D eigenvalue weighted by Crippen LogP contribution is -2.36. The summed E-state index contributed by atoms with van der Waals surface area (Å²) in [5.41, 5.74) is 3.12. The molecule has 0 aromatic rings. The van der Waals surface area contributed by atoms with Crippen LogP contribution in [-0.4, -0.2) is 35.9 Å². The Kier molecular flexibility index (Phi) is 2.86. The van der Waals surface area contributed by atoms with Crippen LogP contribution in [0.1, 0.15) is 6.42 Å². The maximum Gasteiger partial charge on any atom is 0.0693 e. The second-order valence-electron chi connectivity index (χ2n) is 2.54. The van der Waals surface area contributed by atoms with Gasteiger partial charge in [0.1, 0.15) is 0 Å². The third kappa shape index (κ3) is 2.10. The fourth-order valence-corrected chi connectivity index (χ4v) is 1.08. The number of hydrogen-bond acceptors (Lipinski definition) is 3. The van der Waals surface area contributed by atoms with Gasteiger partial charge in [-0.05, 0) is 6.42 Å². The van der Waals surface area contributed by atoms with Crippen molar-refractivity contribution >= 4 is 0 Å². The molecule has 1 heterocycles. The molecule has 0 unspecified atom stereocenters. The third-order valence-electron chi connectivity index (χ3n) is 1.62. The lowest BCUT2D eigenvalue weighted by molar-refractivity contribution is 0.158. The van der Waals surface area contributed by atoms with Crippen molar-refractivity contribution in [1.82, 2.24) is 10.4 Å². The zero-order chi connectivity index (χ0) is 7.40. The van der Waals surface area contributed by atoms with Crippen LogP contribution in [0, 0.1) is 0 Å². The normalized spacial score (nSPS) is 27.1. The van der Waals surface area contributed by atoms with Crippen LogP contribution in [0.4, 0.5) is 0 Å². The Morgan fingerprint density at radius 3 is 3.10 bits per heavy atom. The maximum absolute atomic E-state index is 9.09. The Morgan fingerprint density at radius 1 is 1.80 bits per heavy atom. The largest absolute Gasteiger partial charge is 0.392 e. The van der Waals surface area contributed by atoms with Gasteiger partial charge in [0.05, 0.1) is 6.10 Å². The molecule has 2 N–H and O–H groups in total. The summed E-state index contributed by atoms with van der Waals surface area (Å²) in [5, 5.41) is 11.1. The fourth-order valence-electron chi connectivity index (χ4n) is 1.08. The molecule has 0 spiro atoms. The second-order valence-corrected chi connectivity index (χ2v) is 2.54. The molecule has 0 aliphatic carbocycles. The molecule has 0 bridgehead atoms. The van der Waals surface area contributed by atoms with E-state index < -0.39 is 0 Å². The molecule has 0 aromatic heterocycles. The lowest BCUT2D eigenvalue weighted by atomic mass is 10.3. The summed E-state index contributed by atoms with van der Waals surface area (Å²) in [6.45, 7) is 6.06. The van der Waals surface area contributed by atoms with Gasteiger partial charge in [0.25, 0.3) is 0 Å². The van der Waals surface area contributed by atoms with Crippen molar-refractivity contribution < 1.29 is 5.11 Å². The van der Waals surface area contributed by atoms with E-state index in [9.17, 15) is 0 Å². The molecule has 3 heteroatoms. The molecule has 0 aromatic carbocycles. The average Bonchev–Trinajstić information content (AvgIpc) is 2.31. The van der Waals surface area contributed by atoms with Gasteiger partial charge in [-0.25, -0.2) is 5.01 Å². The van der Waals surface area contributed by atoms with E-state index in [-0.39, 0.29) is 6.10 Å². The van der Waals surface area contributed by atoms with Crippen molar-refractivity contribution in [3.05, 3.63) is 12.7 Å². The van der Waals surface area contributed by atoms with Crippen LogP contribution in [0.5, 0.6) is 0 Å². The molecule has 58 valence electrons. The van der Waals surface area contributed by atoms with Gasteiger partial charge in [0.15, 0.2) is 0 Å². The number of hydrazine groups is 1. The molecule has 1 rings (SSSR count). The van der Waals surface area contributed by atoms with Crippen molar-refractivity contribution in [2.45, 2.75) is 12.5 Å². The maximum atomic E-state index is 9.09. The molecule has 0 saturated carbocycles. The molecule has 0 amide bonds. The number of aliphatic hydroxyl groups is 1. The Bertz CT molecular complexity index is 116. The van der Waals surface area contributed by atoms with Crippen molar-refractivity contribution in [2.24, 2.45) is 0 Å². The first-order chi connectivity index (χ1) is 4.83. The first-order valence-corrected chi connectivity index (χ1v) is 3.60. The summed E-state index contributed by atoms with van der Waals surface area (Å²) in [5.74, 6) is 0. The van der Waals surface area contributed by atoms with E-state index in [2.05, 4.69) is 12.0 Å². The SMILES string of the molecule is C=CCNN1CC[C@H](O)C1. The monoisotopic (exact) mass is 142 g/mol. The summed E-state index contributed by atoms with van der Waals surface area (Å²) in [6, 6.07) is 0. The number of aliphatic hydroxyl groups excluding tert-OH is 1. The zero-order valence-corrected chi connectivity index (χ0v) is 6.08. The van der Waals surface area contributed by atoms with E-state index in [4.69, 9.17) is 5.11 Å². The highest BCUT2D eigenvalue weighted by molar-refractivity contribution is 4.74. The Hall–Kier alpha value is -0.380. The molecule has 1 atom stereocenters. The number of nitrogens with zero attached hydrogens (tertiary/aromatic N) is 1. The van der Waals surface area contributed by atoms with Gasteiger partial charge in [-0.2, -0.15) is 0 Å². The van der Waals surface area contributed by atoms with E-state index in [1.165, 1.54) is 0 Å². The quantitative estimate of drug-likeness (QED) is 0.533. The number of β-amino-alcohol motifs (C(OH)–C–C–N with tert-alkyl or cyclic N) is 1. The van der Waals surface area contributed by atoms with Gasteiger partial charge in [-0.15, -0.1) is 6.58 Å². The van der Waals surface area contributed by atoms with Gasteiger partial charge >= 0.3 is 0 Å². The third-order valence-corrected chi connectivity index (χ3v) is 1.62. The van der Waals surface area contributed by atoms with Crippen LogP contribution in [0.3, 0.4) is 0 Å². The lowest BCUT2D eigenvalue weighted by Gasteiger charge is -2.14. The minimum absolute atomic E-state index is 0.141. The molecule has 0 radical (unpaired) electrons. The van der Waals surface area contributed by atoms with Crippen LogP contribution in [0.25, 0.3) is 0 Å². The Labute approximate surface area is 61.3 Å². The molecule has 1 aliphatic heterocycles. The number of hydrogen-bond donors (Lipinski definition) is 2. The predicted octanol–water partition coefficient (Wildman–Crippen LogP) is -0.256. The van der Waals surface area contributed by atoms with E-state index >= 15 is 0 Å². The van der Waals surface area contributed by atoms with Gasteiger partial charge < -0.3 is 5.11 Å². The van der Waals surface area contributed by atoms with Crippen LogP contribution in [-0.2, 0) is 0 Å². The first kappa shape index (κ1) is 7.72. The van der Waals surface area contributed by atoms with Crippen LogP contribution in [0.15, 0.2) is 12.7 Å². The van der Waals surface area contributed by atoms with Crippen LogP contribution in [0.2, 0.25) is 0 Å². The van der Waals surface area contributed by atoms with Crippen LogP contribution >= 0.6 is 0 Å². The molecule has 1 saturated heterocycles. The molecule has 3 nitrogen and oxygen atoms in total. The highest BCUT2D eigenvalue weighted by atomic mass is 16.3. The van der Waals surface area contributed by atoms with E-state index in [0.717, 1.165) is 26.1 Å².